The third-order valence-corrected chi connectivity index (χ3v) is 6.62. The van der Waals surface area contributed by atoms with E-state index in [1.807, 2.05) is 18.2 Å². The lowest BCUT2D eigenvalue weighted by molar-refractivity contribution is -0.277. The van der Waals surface area contributed by atoms with E-state index in [2.05, 4.69) is 0 Å². The molecule has 0 aromatic heterocycles. The van der Waals surface area contributed by atoms with Gasteiger partial charge in [0.1, 0.15) is 24.4 Å². The fraction of sp³-hybridized carbons (Fsp3) is 0.444. The normalized spacial score (nSPS) is 28.2. The Hall–Kier alpha value is -3.35. The molecule has 2 aromatic carbocycles. The van der Waals surface area contributed by atoms with Crippen LogP contribution in [0.3, 0.4) is 0 Å². The largest absolute Gasteiger partial charge is 0.493 e. The number of esters is 1. The van der Waals surface area contributed by atoms with Crippen molar-refractivity contribution in [3.05, 3.63) is 53.1 Å². The van der Waals surface area contributed by atoms with Gasteiger partial charge in [-0.1, -0.05) is 12.1 Å². The molecule has 0 aliphatic carbocycles. The number of aliphatic hydroxyl groups is 4. The number of cyclic esters (lactones) is 1. The quantitative estimate of drug-likeness (QED) is 0.266. The van der Waals surface area contributed by atoms with E-state index >= 15 is 0 Å². The molecule has 2 fully saturated rings. The summed E-state index contributed by atoms with van der Waals surface area (Å²) in [5.74, 6) is 1.09. The topological polar surface area (TPSA) is 153 Å². The molecule has 4 N–H and O–H groups in total. The van der Waals surface area contributed by atoms with E-state index in [0.717, 1.165) is 5.56 Å². The molecule has 2 heterocycles. The van der Waals surface area contributed by atoms with Crippen LogP contribution in [-0.2, 0) is 20.7 Å². The Morgan fingerprint density at radius 3 is 2.26 bits per heavy atom. The van der Waals surface area contributed by atoms with Crippen molar-refractivity contribution in [2.45, 2.75) is 37.1 Å². The van der Waals surface area contributed by atoms with Crippen LogP contribution in [0.4, 0.5) is 0 Å². The average molecular weight is 533 g/mol. The fourth-order valence-electron chi connectivity index (χ4n) is 4.49. The summed E-state index contributed by atoms with van der Waals surface area (Å²) in [6.07, 6.45) is -4.83. The van der Waals surface area contributed by atoms with Crippen molar-refractivity contribution in [3.63, 3.8) is 0 Å². The number of carbonyl (C=O) groups is 1. The van der Waals surface area contributed by atoms with Gasteiger partial charge in [0, 0.05) is 11.5 Å². The van der Waals surface area contributed by atoms with Crippen molar-refractivity contribution >= 4 is 12.0 Å². The molecule has 38 heavy (non-hydrogen) atoms. The van der Waals surface area contributed by atoms with Gasteiger partial charge >= 0.3 is 5.97 Å². The van der Waals surface area contributed by atoms with Gasteiger partial charge in [-0.25, -0.2) is 4.79 Å². The minimum Gasteiger partial charge on any atom is -0.493 e. The first-order valence-electron chi connectivity index (χ1n) is 12.0. The molecule has 11 nitrogen and oxygen atoms in total. The van der Waals surface area contributed by atoms with Crippen LogP contribution in [0.1, 0.15) is 11.1 Å². The van der Waals surface area contributed by atoms with Gasteiger partial charge in [0.05, 0.1) is 34.5 Å². The fourth-order valence-corrected chi connectivity index (χ4v) is 4.49. The molecule has 0 saturated carbocycles. The molecule has 0 bridgehead atoms. The molecule has 2 saturated heterocycles. The van der Waals surface area contributed by atoms with Crippen molar-refractivity contribution in [2.75, 3.05) is 34.5 Å². The second kappa shape index (κ2) is 12.0. The average Bonchev–Trinajstić information content (AvgIpc) is 3.27. The molecule has 4 rings (SSSR count). The highest BCUT2D eigenvalue weighted by Gasteiger charge is 2.45. The number of methoxy groups -OCH3 is 3. The van der Waals surface area contributed by atoms with Gasteiger partial charge in [-0.05, 0) is 47.9 Å². The Morgan fingerprint density at radius 2 is 1.58 bits per heavy atom. The molecular formula is C27H32O11. The summed E-state index contributed by atoms with van der Waals surface area (Å²) in [5.41, 5.74) is 2.11. The lowest BCUT2D eigenvalue weighted by Crippen LogP contribution is -2.60. The van der Waals surface area contributed by atoms with Crippen molar-refractivity contribution in [3.8, 4) is 23.0 Å². The minimum absolute atomic E-state index is 0.184. The Balaban J connectivity index is 1.53. The van der Waals surface area contributed by atoms with E-state index in [0.29, 0.717) is 29.1 Å². The number of carbonyl (C=O) groups excluding carboxylic acids is 1. The SMILES string of the molecule is COc1ccc(CC2COC(=O)C2=Cc2ccc(OC3OC(CO)C(O)C(O)C3O)c(OC)c2)cc1OC. The first-order chi connectivity index (χ1) is 18.3. The smallest absolute Gasteiger partial charge is 0.334 e. The Morgan fingerprint density at radius 1 is 0.895 bits per heavy atom. The predicted octanol–water partition coefficient (Wildman–Crippen LogP) is 0.690. The number of aliphatic hydroxyl groups excluding tert-OH is 4. The Kier molecular flexibility index (Phi) is 8.75. The van der Waals surface area contributed by atoms with Crippen LogP contribution in [0.15, 0.2) is 42.0 Å². The summed E-state index contributed by atoms with van der Waals surface area (Å²) in [4.78, 5) is 12.5. The van der Waals surface area contributed by atoms with Gasteiger partial charge in [-0.2, -0.15) is 0 Å². The molecule has 0 radical (unpaired) electrons. The third-order valence-electron chi connectivity index (χ3n) is 6.62. The van der Waals surface area contributed by atoms with Crippen LogP contribution in [0.2, 0.25) is 0 Å². The maximum atomic E-state index is 12.5. The number of hydrogen-bond donors (Lipinski definition) is 4. The van der Waals surface area contributed by atoms with E-state index in [9.17, 15) is 25.2 Å². The monoisotopic (exact) mass is 532 g/mol. The molecule has 11 heteroatoms. The Bertz CT molecular complexity index is 1160. The van der Waals surface area contributed by atoms with Gasteiger partial charge in [0.15, 0.2) is 23.0 Å². The van der Waals surface area contributed by atoms with Gasteiger partial charge in [0.2, 0.25) is 6.29 Å². The van der Waals surface area contributed by atoms with E-state index in [4.69, 9.17) is 28.4 Å². The van der Waals surface area contributed by atoms with Crippen LogP contribution in [0, 0.1) is 5.92 Å². The van der Waals surface area contributed by atoms with Crippen molar-refractivity contribution in [2.24, 2.45) is 5.92 Å². The number of hydrogen-bond acceptors (Lipinski definition) is 11. The van der Waals surface area contributed by atoms with E-state index in [-0.39, 0.29) is 24.0 Å². The first kappa shape index (κ1) is 27.7. The van der Waals surface area contributed by atoms with E-state index in [1.54, 1.807) is 38.5 Å². The highest BCUT2D eigenvalue weighted by Crippen LogP contribution is 2.35. The molecule has 0 spiro atoms. The minimum atomic E-state index is -1.57. The summed E-state index contributed by atoms with van der Waals surface area (Å²) in [7, 11) is 4.56. The van der Waals surface area contributed by atoms with Gasteiger partial charge < -0.3 is 48.8 Å². The lowest BCUT2D eigenvalue weighted by Gasteiger charge is -2.39. The molecule has 2 aromatic rings. The van der Waals surface area contributed by atoms with Crippen LogP contribution < -0.4 is 18.9 Å². The summed E-state index contributed by atoms with van der Waals surface area (Å²) in [5, 5.41) is 39.7. The number of rotatable bonds is 9. The zero-order valence-electron chi connectivity index (χ0n) is 21.3. The zero-order chi connectivity index (χ0) is 27.4. The van der Waals surface area contributed by atoms with Gasteiger partial charge in [-0.15, -0.1) is 0 Å². The Labute approximate surface area is 219 Å². The van der Waals surface area contributed by atoms with Crippen molar-refractivity contribution < 1.29 is 53.6 Å². The van der Waals surface area contributed by atoms with Crippen molar-refractivity contribution in [1.82, 2.24) is 0 Å². The maximum Gasteiger partial charge on any atom is 0.334 e. The lowest BCUT2D eigenvalue weighted by atomic mass is 9.92. The molecule has 2 aliphatic rings. The molecule has 6 atom stereocenters. The molecule has 0 amide bonds. The van der Waals surface area contributed by atoms with Crippen LogP contribution >= 0.6 is 0 Å². The van der Waals surface area contributed by atoms with Gasteiger partial charge in [0.25, 0.3) is 0 Å². The maximum absolute atomic E-state index is 12.5. The highest BCUT2D eigenvalue weighted by molar-refractivity contribution is 5.96. The van der Waals surface area contributed by atoms with Crippen molar-refractivity contribution in [1.29, 1.82) is 0 Å². The molecule has 2 aliphatic heterocycles. The second-order valence-corrected chi connectivity index (χ2v) is 9.01. The summed E-state index contributed by atoms with van der Waals surface area (Å²) < 4.78 is 32.6. The zero-order valence-corrected chi connectivity index (χ0v) is 21.3. The van der Waals surface area contributed by atoms with Crippen LogP contribution in [-0.4, -0.2) is 91.6 Å². The summed E-state index contributed by atoms with van der Waals surface area (Å²) in [6.45, 7) is -0.330. The predicted molar refractivity (Wildman–Crippen MR) is 133 cm³/mol. The van der Waals surface area contributed by atoms with E-state index in [1.165, 1.54) is 7.11 Å². The molecule has 6 unspecified atom stereocenters. The van der Waals surface area contributed by atoms with Crippen LogP contribution in [0.5, 0.6) is 23.0 Å². The van der Waals surface area contributed by atoms with Gasteiger partial charge in [-0.3, -0.25) is 0 Å². The standard InChI is InChI=1S/C27H32O11/c1-33-18-6-4-14(10-20(18)34-2)8-16-13-36-26(32)17(16)9-15-5-7-19(21(11-15)35-3)37-27-25(31)24(30)23(29)22(12-28)38-27/h4-7,9-11,16,22-25,27-31H,8,12-13H2,1-3H3. The summed E-state index contributed by atoms with van der Waals surface area (Å²) in [6, 6.07) is 10.5. The molecular weight excluding hydrogens is 500 g/mol. The van der Waals surface area contributed by atoms with Crippen LogP contribution in [0.25, 0.3) is 6.08 Å². The highest BCUT2D eigenvalue weighted by atomic mass is 16.7. The number of ether oxygens (including phenoxy) is 6. The molecule has 206 valence electrons. The summed E-state index contributed by atoms with van der Waals surface area (Å²) >= 11 is 0. The number of benzene rings is 2. The van der Waals surface area contributed by atoms with E-state index < -0.39 is 43.3 Å². The third kappa shape index (κ3) is 5.71. The second-order valence-electron chi connectivity index (χ2n) is 9.01. The first-order valence-corrected chi connectivity index (χ1v) is 12.0.